The van der Waals surface area contributed by atoms with E-state index in [0.717, 1.165) is 22.2 Å². The fourth-order valence-electron chi connectivity index (χ4n) is 3.19. The second kappa shape index (κ2) is 8.60. The lowest BCUT2D eigenvalue weighted by molar-refractivity contribution is 0.160. The first-order chi connectivity index (χ1) is 14.6. The lowest BCUT2D eigenvalue weighted by atomic mass is 10.2. The molecule has 4 aromatic rings. The molecule has 0 aliphatic carbocycles. The molecule has 0 radical (unpaired) electrons. The number of nitrogen functional groups attached to an aromatic ring is 1. The summed E-state index contributed by atoms with van der Waals surface area (Å²) in [6.45, 7) is 2.89. The molecule has 2 aromatic heterocycles. The lowest BCUT2D eigenvalue weighted by Crippen LogP contribution is -2.05. The number of hydrogen-bond donors (Lipinski definition) is 2. The van der Waals surface area contributed by atoms with Gasteiger partial charge >= 0.3 is 0 Å². The zero-order valence-corrected chi connectivity index (χ0v) is 16.4. The predicted octanol–water partition coefficient (Wildman–Crippen LogP) is 4.31. The van der Waals surface area contributed by atoms with Crippen LogP contribution in [0.2, 0.25) is 0 Å². The van der Waals surface area contributed by atoms with Crippen molar-refractivity contribution in [3.63, 3.8) is 0 Å². The predicted molar refractivity (Wildman–Crippen MR) is 116 cm³/mol. The average Bonchev–Trinajstić information content (AvgIpc) is 3.12. The molecule has 0 saturated carbocycles. The number of nitrogens with two attached hydrogens (primary N) is 1. The number of oxime groups is 1. The molecule has 152 valence electrons. The number of nitrogens with one attached hydrogen (secondary N) is 1. The highest BCUT2D eigenvalue weighted by Gasteiger charge is 2.09. The van der Waals surface area contributed by atoms with Gasteiger partial charge in [0.05, 0.1) is 11.8 Å². The van der Waals surface area contributed by atoms with Crippen molar-refractivity contribution in [2.24, 2.45) is 5.16 Å². The van der Waals surface area contributed by atoms with E-state index in [4.69, 9.17) is 10.6 Å². The van der Waals surface area contributed by atoms with Gasteiger partial charge in [0.25, 0.3) is 0 Å². The Morgan fingerprint density at radius 2 is 2.10 bits per heavy atom. The standard InChI is InChI=1S/C22H21FN6O/c1-2-30-27-12-19-21(24)25-14-26-22(19)28-18-6-7-20-16(11-18)8-9-29(20)13-15-4-3-5-17(23)10-15/h3-12,14H,2,13H2,1H3,(H3,24,25,26,28). The van der Waals surface area contributed by atoms with Crippen LogP contribution in [0.5, 0.6) is 0 Å². The van der Waals surface area contributed by atoms with Crippen molar-refractivity contribution < 1.29 is 9.23 Å². The molecule has 0 bridgehead atoms. The maximum absolute atomic E-state index is 13.5. The highest BCUT2D eigenvalue weighted by Crippen LogP contribution is 2.25. The van der Waals surface area contributed by atoms with Gasteiger partial charge < -0.3 is 20.5 Å². The van der Waals surface area contributed by atoms with E-state index in [-0.39, 0.29) is 5.82 Å². The van der Waals surface area contributed by atoms with E-state index in [0.29, 0.717) is 30.4 Å². The number of aromatic nitrogens is 3. The number of halogens is 1. The largest absolute Gasteiger partial charge is 0.396 e. The Kier molecular flexibility index (Phi) is 5.56. The second-order valence-corrected chi connectivity index (χ2v) is 6.65. The highest BCUT2D eigenvalue weighted by atomic mass is 19.1. The van der Waals surface area contributed by atoms with Crippen molar-refractivity contribution in [3.05, 3.63) is 78.0 Å². The van der Waals surface area contributed by atoms with E-state index in [9.17, 15) is 4.39 Å². The number of rotatable bonds is 7. The Morgan fingerprint density at radius 3 is 2.93 bits per heavy atom. The van der Waals surface area contributed by atoms with E-state index >= 15 is 0 Å². The Labute approximate surface area is 173 Å². The van der Waals surface area contributed by atoms with Crippen LogP contribution in [0.15, 0.2) is 66.2 Å². The number of anilines is 3. The van der Waals surface area contributed by atoms with Crippen LogP contribution in [0.3, 0.4) is 0 Å². The van der Waals surface area contributed by atoms with E-state index in [2.05, 4.69) is 25.0 Å². The Morgan fingerprint density at radius 1 is 1.20 bits per heavy atom. The molecular formula is C22H21FN6O. The van der Waals surface area contributed by atoms with Crippen LogP contribution in [-0.2, 0) is 11.4 Å². The Balaban J connectivity index is 1.59. The fourth-order valence-corrected chi connectivity index (χ4v) is 3.19. The molecule has 0 fully saturated rings. The molecule has 0 aliphatic heterocycles. The van der Waals surface area contributed by atoms with E-state index in [1.165, 1.54) is 18.6 Å². The quantitative estimate of drug-likeness (QED) is 0.354. The van der Waals surface area contributed by atoms with Gasteiger partial charge in [-0.05, 0) is 48.9 Å². The topological polar surface area (TPSA) is 90.3 Å². The first-order valence-corrected chi connectivity index (χ1v) is 9.50. The highest BCUT2D eigenvalue weighted by molar-refractivity contribution is 5.93. The maximum atomic E-state index is 13.5. The van der Waals surface area contributed by atoms with Gasteiger partial charge in [-0.1, -0.05) is 17.3 Å². The maximum Gasteiger partial charge on any atom is 0.144 e. The van der Waals surface area contributed by atoms with Crippen LogP contribution < -0.4 is 11.1 Å². The first kappa shape index (κ1) is 19.4. The van der Waals surface area contributed by atoms with Crippen molar-refractivity contribution in [2.45, 2.75) is 13.5 Å². The van der Waals surface area contributed by atoms with Gasteiger partial charge in [0.15, 0.2) is 0 Å². The second-order valence-electron chi connectivity index (χ2n) is 6.65. The van der Waals surface area contributed by atoms with Gasteiger partial charge in [-0.2, -0.15) is 0 Å². The molecule has 8 heteroatoms. The number of benzene rings is 2. The van der Waals surface area contributed by atoms with Crippen LogP contribution in [0.25, 0.3) is 10.9 Å². The van der Waals surface area contributed by atoms with Gasteiger partial charge in [-0.25, -0.2) is 14.4 Å². The third-order valence-corrected chi connectivity index (χ3v) is 4.58. The van der Waals surface area contributed by atoms with Crippen LogP contribution in [0.4, 0.5) is 21.7 Å². The van der Waals surface area contributed by atoms with Gasteiger partial charge in [-0.3, -0.25) is 0 Å². The van der Waals surface area contributed by atoms with Crippen molar-refractivity contribution in [1.82, 2.24) is 14.5 Å². The molecule has 2 heterocycles. The Bertz CT molecular complexity index is 1200. The van der Waals surface area contributed by atoms with Crippen molar-refractivity contribution in [1.29, 1.82) is 0 Å². The first-order valence-electron chi connectivity index (χ1n) is 9.50. The Hall–Kier alpha value is -3.94. The smallest absolute Gasteiger partial charge is 0.144 e. The molecule has 3 N–H and O–H groups in total. The summed E-state index contributed by atoms with van der Waals surface area (Å²) in [6, 6.07) is 14.6. The average molecular weight is 404 g/mol. The summed E-state index contributed by atoms with van der Waals surface area (Å²) < 4.78 is 15.6. The summed E-state index contributed by atoms with van der Waals surface area (Å²) in [5.74, 6) is 0.603. The summed E-state index contributed by atoms with van der Waals surface area (Å²) >= 11 is 0. The third-order valence-electron chi connectivity index (χ3n) is 4.58. The zero-order valence-electron chi connectivity index (χ0n) is 16.4. The minimum absolute atomic E-state index is 0.233. The van der Waals surface area contributed by atoms with Crippen LogP contribution in [-0.4, -0.2) is 27.4 Å². The molecule has 7 nitrogen and oxygen atoms in total. The minimum atomic E-state index is -0.233. The van der Waals surface area contributed by atoms with E-state index < -0.39 is 0 Å². The van der Waals surface area contributed by atoms with Gasteiger partial charge in [0, 0.05) is 29.3 Å². The summed E-state index contributed by atoms with van der Waals surface area (Å²) in [5.41, 5.74) is 9.31. The molecule has 4 rings (SSSR count). The van der Waals surface area contributed by atoms with Crippen LogP contribution in [0.1, 0.15) is 18.1 Å². The fraction of sp³-hybridized carbons (Fsp3) is 0.136. The summed E-state index contributed by atoms with van der Waals surface area (Å²) in [7, 11) is 0. The monoisotopic (exact) mass is 404 g/mol. The normalized spacial score (nSPS) is 11.3. The molecule has 0 atom stereocenters. The number of fused-ring (bicyclic) bond motifs is 1. The molecule has 0 aliphatic rings. The van der Waals surface area contributed by atoms with E-state index in [1.807, 2.05) is 43.5 Å². The van der Waals surface area contributed by atoms with Crippen LogP contribution >= 0.6 is 0 Å². The van der Waals surface area contributed by atoms with Crippen molar-refractivity contribution in [3.8, 4) is 0 Å². The van der Waals surface area contributed by atoms with Crippen molar-refractivity contribution in [2.75, 3.05) is 17.7 Å². The molecular weight excluding hydrogens is 383 g/mol. The summed E-state index contributed by atoms with van der Waals surface area (Å²) in [4.78, 5) is 13.3. The van der Waals surface area contributed by atoms with Gasteiger partial charge in [0.1, 0.15) is 30.4 Å². The van der Waals surface area contributed by atoms with Crippen LogP contribution in [0, 0.1) is 5.82 Å². The SMILES string of the molecule is CCON=Cc1c(N)ncnc1Nc1ccc2c(ccn2Cc2cccc(F)c2)c1. The lowest BCUT2D eigenvalue weighted by Gasteiger charge is -2.10. The molecule has 0 unspecified atom stereocenters. The number of hydrogen-bond acceptors (Lipinski definition) is 6. The molecule has 2 aromatic carbocycles. The summed E-state index contributed by atoms with van der Waals surface area (Å²) in [5, 5.41) is 8.17. The molecule has 0 amide bonds. The van der Waals surface area contributed by atoms with Gasteiger partial charge in [-0.15, -0.1) is 0 Å². The molecule has 0 saturated heterocycles. The molecule has 0 spiro atoms. The minimum Gasteiger partial charge on any atom is -0.396 e. The third kappa shape index (κ3) is 4.22. The van der Waals surface area contributed by atoms with E-state index in [1.54, 1.807) is 12.1 Å². The zero-order chi connectivity index (χ0) is 20.9. The van der Waals surface area contributed by atoms with Crippen molar-refractivity contribution >= 4 is 34.4 Å². The molecule has 30 heavy (non-hydrogen) atoms. The summed E-state index contributed by atoms with van der Waals surface area (Å²) in [6.07, 6.45) is 4.88. The van der Waals surface area contributed by atoms with Gasteiger partial charge in [0.2, 0.25) is 0 Å². The number of nitrogens with zero attached hydrogens (tertiary/aromatic N) is 4.